The Morgan fingerprint density at radius 1 is 1.32 bits per heavy atom. The van der Waals surface area contributed by atoms with Crippen LogP contribution in [0, 0.1) is 17.2 Å². The second-order valence-electron chi connectivity index (χ2n) is 7.98. The van der Waals surface area contributed by atoms with Crippen LogP contribution in [0.15, 0.2) is 18.2 Å². The number of hydrogen-bond donors (Lipinski definition) is 1. The SMILES string of the molecule is COCC1(C2CCC2)CN(C(=O)N[C@H]2CCCc3c(F)cccc32)C1. The Bertz CT molecular complexity index is 653. The summed E-state index contributed by atoms with van der Waals surface area (Å²) in [5.74, 6) is 0.547. The van der Waals surface area contributed by atoms with Gasteiger partial charge in [-0.25, -0.2) is 9.18 Å². The number of fused-ring (bicyclic) bond motifs is 1. The zero-order valence-corrected chi connectivity index (χ0v) is 14.9. The summed E-state index contributed by atoms with van der Waals surface area (Å²) in [4.78, 5) is 14.6. The standard InChI is InChI=1S/C20H27FN2O2/c1-25-13-20(14-5-2-6-14)11-23(12-20)19(24)22-18-10-4-7-15-16(18)8-3-9-17(15)21/h3,8-9,14,18H,2,4-7,10-13H2,1H3,(H,22,24)/t18-/m0/s1. The first-order valence-corrected chi connectivity index (χ1v) is 9.45. The normalized spacial score (nSPS) is 24.9. The third-order valence-electron chi connectivity index (χ3n) is 6.45. The topological polar surface area (TPSA) is 41.6 Å². The average molecular weight is 346 g/mol. The van der Waals surface area contributed by atoms with Gasteiger partial charge in [0.1, 0.15) is 5.82 Å². The molecule has 4 nitrogen and oxygen atoms in total. The molecule has 2 amide bonds. The summed E-state index contributed by atoms with van der Waals surface area (Å²) in [6.07, 6.45) is 6.36. The first-order valence-electron chi connectivity index (χ1n) is 9.45. The van der Waals surface area contributed by atoms with Crippen LogP contribution in [0.4, 0.5) is 9.18 Å². The zero-order valence-electron chi connectivity index (χ0n) is 14.9. The summed E-state index contributed by atoms with van der Waals surface area (Å²) in [6, 6.07) is 5.10. The smallest absolute Gasteiger partial charge is 0.317 e. The lowest BCUT2D eigenvalue weighted by Crippen LogP contribution is -2.66. The van der Waals surface area contributed by atoms with Crippen molar-refractivity contribution in [3.8, 4) is 0 Å². The van der Waals surface area contributed by atoms with Crippen molar-refractivity contribution < 1.29 is 13.9 Å². The highest BCUT2D eigenvalue weighted by Crippen LogP contribution is 2.48. The molecular formula is C20H27FN2O2. The van der Waals surface area contributed by atoms with E-state index in [1.54, 1.807) is 13.2 Å². The van der Waals surface area contributed by atoms with E-state index in [1.165, 1.54) is 25.3 Å². The van der Waals surface area contributed by atoms with Crippen LogP contribution >= 0.6 is 0 Å². The molecule has 0 bridgehead atoms. The second-order valence-corrected chi connectivity index (χ2v) is 7.98. The molecule has 25 heavy (non-hydrogen) atoms. The fraction of sp³-hybridized carbons (Fsp3) is 0.650. The summed E-state index contributed by atoms with van der Waals surface area (Å²) < 4.78 is 19.4. The molecule has 1 atom stereocenters. The molecule has 1 aliphatic heterocycles. The Balaban J connectivity index is 1.40. The van der Waals surface area contributed by atoms with Gasteiger partial charge in [0.25, 0.3) is 0 Å². The lowest BCUT2D eigenvalue weighted by atomic mass is 9.61. The van der Waals surface area contributed by atoms with Gasteiger partial charge in [-0.05, 0) is 55.2 Å². The first-order chi connectivity index (χ1) is 12.1. The summed E-state index contributed by atoms with van der Waals surface area (Å²) in [5.41, 5.74) is 1.87. The highest BCUT2D eigenvalue weighted by molar-refractivity contribution is 5.76. The molecule has 5 heteroatoms. The number of benzene rings is 1. The number of halogens is 1. The Morgan fingerprint density at radius 3 is 2.80 bits per heavy atom. The van der Waals surface area contributed by atoms with Crippen molar-refractivity contribution in [1.82, 2.24) is 10.2 Å². The molecule has 0 radical (unpaired) electrons. The monoisotopic (exact) mass is 346 g/mol. The minimum Gasteiger partial charge on any atom is -0.384 e. The molecule has 4 rings (SSSR count). The van der Waals surface area contributed by atoms with Crippen LogP contribution in [-0.2, 0) is 11.2 Å². The number of carbonyl (C=O) groups excluding carboxylic acids is 1. The minimum atomic E-state index is -0.149. The maximum Gasteiger partial charge on any atom is 0.317 e. The number of amides is 2. The maximum absolute atomic E-state index is 14.0. The highest BCUT2D eigenvalue weighted by Gasteiger charge is 2.52. The van der Waals surface area contributed by atoms with E-state index in [0.717, 1.165) is 50.1 Å². The number of nitrogens with one attached hydrogen (secondary N) is 1. The number of ether oxygens (including phenoxy) is 1. The number of hydrogen-bond acceptors (Lipinski definition) is 2. The van der Waals surface area contributed by atoms with Crippen molar-refractivity contribution >= 4 is 6.03 Å². The summed E-state index contributed by atoms with van der Waals surface area (Å²) >= 11 is 0. The van der Waals surface area contributed by atoms with E-state index in [1.807, 2.05) is 11.0 Å². The molecular weight excluding hydrogens is 319 g/mol. The van der Waals surface area contributed by atoms with Gasteiger partial charge in [-0.15, -0.1) is 0 Å². The molecule has 136 valence electrons. The van der Waals surface area contributed by atoms with Crippen molar-refractivity contribution in [2.45, 2.75) is 44.6 Å². The van der Waals surface area contributed by atoms with Gasteiger partial charge in [0.2, 0.25) is 0 Å². The van der Waals surface area contributed by atoms with Crippen LogP contribution in [0.3, 0.4) is 0 Å². The number of nitrogens with zero attached hydrogens (tertiary/aromatic N) is 1. The number of methoxy groups -OCH3 is 1. The molecule has 0 spiro atoms. The molecule has 1 saturated carbocycles. The predicted octanol–water partition coefficient (Wildman–Crippen LogP) is 3.66. The van der Waals surface area contributed by atoms with Crippen molar-refractivity contribution in [3.05, 3.63) is 35.1 Å². The fourth-order valence-electron chi connectivity index (χ4n) is 4.83. The van der Waals surface area contributed by atoms with Crippen LogP contribution < -0.4 is 5.32 Å². The maximum atomic E-state index is 14.0. The number of urea groups is 1. The van der Waals surface area contributed by atoms with Crippen molar-refractivity contribution in [2.75, 3.05) is 26.8 Å². The predicted molar refractivity (Wildman–Crippen MR) is 93.8 cm³/mol. The van der Waals surface area contributed by atoms with Crippen molar-refractivity contribution in [1.29, 1.82) is 0 Å². The molecule has 1 saturated heterocycles. The number of likely N-dealkylation sites (tertiary alicyclic amines) is 1. The van der Waals surface area contributed by atoms with E-state index in [0.29, 0.717) is 5.92 Å². The van der Waals surface area contributed by atoms with Crippen LogP contribution in [0.2, 0.25) is 0 Å². The molecule has 1 aromatic rings. The van der Waals surface area contributed by atoms with Crippen molar-refractivity contribution in [3.63, 3.8) is 0 Å². The molecule has 0 aromatic heterocycles. The molecule has 2 aliphatic carbocycles. The van der Waals surface area contributed by atoms with Crippen molar-refractivity contribution in [2.24, 2.45) is 11.3 Å². The third-order valence-corrected chi connectivity index (χ3v) is 6.45. The molecule has 1 aromatic carbocycles. The van der Waals surface area contributed by atoms with E-state index >= 15 is 0 Å². The van der Waals surface area contributed by atoms with Gasteiger partial charge in [0.05, 0.1) is 12.6 Å². The van der Waals surface area contributed by atoms with Gasteiger partial charge in [0.15, 0.2) is 0 Å². The van der Waals surface area contributed by atoms with E-state index in [-0.39, 0.29) is 23.3 Å². The fourth-order valence-corrected chi connectivity index (χ4v) is 4.83. The zero-order chi connectivity index (χ0) is 17.4. The molecule has 2 fully saturated rings. The van der Waals surface area contributed by atoms with Crippen LogP contribution in [0.1, 0.15) is 49.3 Å². The molecule has 1 N–H and O–H groups in total. The highest BCUT2D eigenvalue weighted by atomic mass is 19.1. The minimum absolute atomic E-state index is 0.0202. The number of rotatable bonds is 4. The Hall–Kier alpha value is -1.62. The van der Waals surface area contributed by atoms with Gasteiger partial charge >= 0.3 is 6.03 Å². The Morgan fingerprint density at radius 2 is 2.12 bits per heavy atom. The van der Waals surface area contributed by atoms with E-state index in [4.69, 9.17) is 4.74 Å². The largest absolute Gasteiger partial charge is 0.384 e. The van der Waals surface area contributed by atoms with Gasteiger partial charge in [-0.2, -0.15) is 0 Å². The van der Waals surface area contributed by atoms with Gasteiger partial charge in [0, 0.05) is 25.6 Å². The van der Waals surface area contributed by atoms with E-state index in [9.17, 15) is 9.18 Å². The molecule has 0 unspecified atom stereocenters. The van der Waals surface area contributed by atoms with Crippen LogP contribution in [0.25, 0.3) is 0 Å². The third kappa shape index (κ3) is 2.92. The number of carbonyl (C=O) groups is 1. The van der Waals surface area contributed by atoms with Gasteiger partial charge in [-0.1, -0.05) is 18.6 Å². The lowest BCUT2D eigenvalue weighted by Gasteiger charge is -2.56. The lowest BCUT2D eigenvalue weighted by molar-refractivity contribution is -0.0942. The Labute approximate surface area is 148 Å². The summed E-state index contributed by atoms with van der Waals surface area (Å²) in [6.45, 7) is 2.29. The van der Waals surface area contributed by atoms with E-state index in [2.05, 4.69) is 5.32 Å². The first kappa shape index (κ1) is 16.8. The van der Waals surface area contributed by atoms with Crippen LogP contribution in [-0.4, -0.2) is 37.7 Å². The Kier molecular flexibility index (Phi) is 4.44. The van der Waals surface area contributed by atoms with Gasteiger partial charge < -0.3 is 15.0 Å². The average Bonchev–Trinajstić information content (AvgIpc) is 2.51. The quantitative estimate of drug-likeness (QED) is 0.904. The molecule has 3 aliphatic rings. The van der Waals surface area contributed by atoms with Gasteiger partial charge in [-0.3, -0.25) is 0 Å². The van der Waals surface area contributed by atoms with Crippen LogP contribution in [0.5, 0.6) is 0 Å². The molecule has 1 heterocycles. The summed E-state index contributed by atoms with van der Waals surface area (Å²) in [5, 5.41) is 3.14. The summed E-state index contributed by atoms with van der Waals surface area (Å²) in [7, 11) is 1.75. The van der Waals surface area contributed by atoms with E-state index < -0.39 is 0 Å². The second kappa shape index (κ2) is 6.60.